The van der Waals surface area contributed by atoms with Gasteiger partial charge in [0.2, 0.25) is 0 Å². The smallest absolute Gasteiger partial charge is 0.263 e. The van der Waals surface area contributed by atoms with Crippen molar-refractivity contribution >= 4 is 44.0 Å². The van der Waals surface area contributed by atoms with Gasteiger partial charge in [0, 0.05) is 24.0 Å². The van der Waals surface area contributed by atoms with Crippen LogP contribution < -0.4 is 10.0 Å². The molecule has 0 atom stereocenters. The van der Waals surface area contributed by atoms with Gasteiger partial charge in [-0.3, -0.25) is 14.5 Å². The number of carbonyl (C=O) groups is 1. The molecule has 3 aromatic rings. The molecule has 0 bridgehead atoms. The van der Waals surface area contributed by atoms with Crippen LogP contribution in [0.2, 0.25) is 5.02 Å². The minimum absolute atomic E-state index is 0.0587. The molecule has 27 heavy (non-hydrogen) atoms. The first-order valence-electron chi connectivity index (χ1n) is 7.78. The zero-order chi connectivity index (χ0) is 19.4. The normalized spacial score (nSPS) is 11.2. The lowest BCUT2D eigenvalue weighted by molar-refractivity contribution is 0.0954. The molecule has 0 aliphatic rings. The summed E-state index contributed by atoms with van der Waals surface area (Å²) in [6, 6.07) is 9.36. The second kappa shape index (κ2) is 8.03. The number of aryl methyl sites for hydroxylation is 1. The first-order valence-corrected chi connectivity index (χ1v) is 10.5. The molecule has 1 amide bonds. The highest BCUT2D eigenvalue weighted by molar-refractivity contribution is 7.93. The van der Waals surface area contributed by atoms with Gasteiger partial charge in [0.15, 0.2) is 5.13 Å². The van der Waals surface area contributed by atoms with E-state index in [4.69, 9.17) is 11.6 Å². The maximum Gasteiger partial charge on any atom is 0.263 e. The van der Waals surface area contributed by atoms with Gasteiger partial charge in [-0.1, -0.05) is 22.9 Å². The Balaban J connectivity index is 1.72. The summed E-state index contributed by atoms with van der Waals surface area (Å²) in [7, 11) is -3.81. The van der Waals surface area contributed by atoms with Gasteiger partial charge in [0.1, 0.15) is 4.88 Å². The molecular formula is C17H15ClN4O3S2. The molecule has 0 saturated heterocycles. The Labute approximate surface area is 165 Å². The third-order valence-electron chi connectivity index (χ3n) is 3.55. The Morgan fingerprint density at radius 3 is 2.48 bits per heavy atom. The van der Waals surface area contributed by atoms with Crippen LogP contribution >= 0.6 is 22.9 Å². The number of anilines is 1. The summed E-state index contributed by atoms with van der Waals surface area (Å²) in [6.45, 7) is 1.99. The number of pyridine rings is 1. The molecule has 0 saturated carbocycles. The number of hydrogen-bond donors (Lipinski definition) is 2. The van der Waals surface area contributed by atoms with Gasteiger partial charge in [0.25, 0.3) is 15.9 Å². The van der Waals surface area contributed by atoms with Gasteiger partial charge in [-0.2, -0.15) is 0 Å². The monoisotopic (exact) mass is 422 g/mol. The van der Waals surface area contributed by atoms with E-state index in [0.717, 1.165) is 16.9 Å². The zero-order valence-corrected chi connectivity index (χ0v) is 16.5. The van der Waals surface area contributed by atoms with Crippen LogP contribution in [0, 0.1) is 6.92 Å². The summed E-state index contributed by atoms with van der Waals surface area (Å²) >= 11 is 6.76. The Morgan fingerprint density at radius 2 is 1.81 bits per heavy atom. The second-order valence-corrected chi connectivity index (χ2v) is 8.65. The molecule has 3 rings (SSSR count). The van der Waals surface area contributed by atoms with Crippen molar-refractivity contribution < 1.29 is 13.2 Å². The maximum absolute atomic E-state index is 12.4. The number of carbonyl (C=O) groups excluding carboxylic acids is 1. The number of aromatic nitrogens is 2. The number of halogens is 1. The molecule has 0 aliphatic heterocycles. The van der Waals surface area contributed by atoms with Crippen LogP contribution in [0.15, 0.2) is 53.7 Å². The predicted octanol–water partition coefficient (Wildman–Crippen LogP) is 3.23. The average molecular weight is 423 g/mol. The fourth-order valence-electron chi connectivity index (χ4n) is 2.20. The van der Waals surface area contributed by atoms with Crippen molar-refractivity contribution in [1.82, 2.24) is 15.3 Å². The topological polar surface area (TPSA) is 101 Å². The van der Waals surface area contributed by atoms with Gasteiger partial charge in [-0.15, -0.1) is 0 Å². The lowest BCUT2D eigenvalue weighted by atomic mass is 10.2. The number of amides is 1. The minimum atomic E-state index is -3.81. The average Bonchev–Trinajstić information content (AvgIpc) is 3.00. The maximum atomic E-state index is 12.4. The van der Waals surface area contributed by atoms with Gasteiger partial charge in [-0.25, -0.2) is 13.4 Å². The summed E-state index contributed by atoms with van der Waals surface area (Å²) in [4.78, 5) is 20.8. The van der Waals surface area contributed by atoms with Crippen LogP contribution in [0.5, 0.6) is 0 Å². The molecule has 0 unspecified atom stereocenters. The van der Waals surface area contributed by atoms with E-state index in [-0.39, 0.29) is 15.9 Å². The summed E-state index contributed by atoms with van der Waals surface area (Å²) < 4.78 is 27.2. The summed E-state index contributed by atoms with van der Waals surface area (Å²) in [6.07, 6.45) is 3.28. The van der Waals surface area contributed by atoms with Crippen molar-refractivity contribution in [2.75, 3.05) is 4.72 Å². The SMILES string of the molecule is Cc1nc(NS(=O)(=O)c2ccc(Cl)cc2)sc1C(=O)NCc1ccncc1. The molecule has 0 aliphatic carbocycles. The molecule has 2 N–H and O–H groups in total. The van der Waals surface area contributed by atoms with E-state index < -0.39 is 10.0 Å². The first kappa shape index (κ1) is 19.3. The molecule has 2 heterocycles. The number of hydrogen-bond acceptors (Lipinski definition) is 6. The Bertz CT molecular complexity index is 1050. The number of nitrogens with one attached hydrogen (secondary N) is 2. The van der Waals surface area contributed by atoms with Crippen LogP contribution in [0.1, 0.15) is 20.9 Å². The molecule has 10 heteroatoms. The number of benzene rings is 1. The fraction of sp³-hybridized carbons (Fsp3) is 0.118. The Hall–Kier alpha value is -2.49. The van der Waals surface area contributed by atoms with Crippen molar-refractivity contribution in [1.29, 1.82) is 0 Å². The van der Waals surface area contributed by atoms with E-state index in [1.807, 2.05) is 0 Å². The fourth-order valence-corrected chi connectivity index (χ4v) is 4.45. The highest BCUT2D eigenvalue weighted by atomic mass is 35.5. The van der Waals surface area contributed by atoms with Crippen LogP contribution in [0.4, 0.5) is 5.13 Å². The number of thiazole rings is 1. The van der Waals surface area contributed by atoms with Crippen LogP contribution in [0.25, 0.3) is 0 Å². The summed E-state index contributed by atoms with van der Waals surface area (Å²) in [5.74, 6) is -0.321. The van der Waals surface area contributed by atoms with E-state index in [1.165, 1.54) is 24.3 Å². The summed E-state index contributed by atoms with van der Waals surface area (Å²) in [5, 5.41) is 3.34. The lowest BCUT2D eigenvalue weighted by Gasteiger charge is -2.05. The van der Waals surface area contributed by atoms with Crippen LogP contribution in [-0.4, -0.2) is 24.3 Å². The molecular weight excluding hydrogens is 408 g/mol. The van der Waals surface area contributed by atoms with Gasteiger partial charge in [0.05, 0.1) is 10.6 Å². The van der Waals surface area contributed by atoms with Crippen molar-refractivity contribution in [3.8, 4) is 0 Å². The van der Waals surface area contributed by atoms with E-state index in [1.54, 1.807) is 31.5 Å². The van der Waals surface area contributed by atoms with Crippen molar-refractivity contribution in [2.45, 2.75) is 18.4 Å². The van der Waals surface area contributed by atoms with Gasteiger partial charge < -0.3 is 5.32 Å². The van der Waals surface area contributed by atoms with Crippen LogP contribution in [0.3, 0.4) is 0 Å². The second-order valence-electron chi connectivity index (χ2n) is 5.53. The predicted molar refractivity (Wildman–Crippen MR) is 105 cm³/mol. The molecule has 140 valence electrons. The zero-order valence-electron chi connectivity index (χ0n) is 14.1. The van der Waals surface area contributed by atoms with Crippen LogP contribution in [-0.2, 0) is 16.6 Å². The standard InChI is InChI=1S/C17H15ClN4O3S2/c1-11-15(16(23)20-10-12-6-8-19-9-7-12)26-17(21-11)22-27(24,25)14-4-2-13(18)3-5-14/h2-9H,10H2,1H3,(H,20,23)(H,21,22). The lowest BCUT2D eigenvalue weighted by Crippen LogP contribution is -2.22. The number of rotatable bonds is 6. The molecule has 0 spiro atoms. The van der Waals surface area contributed by atoms with E-state index in [2.05, 4.69) is 20.0 Å². The minimum Gasteiger partial charge on any atom is -0.347 e. The largest absolute Gasteiger partial charge is 0.347 e. The Kier molecular flexibility index (Phi) is 5.73. The van der Waals surface area contributed by atoms with E-state index in [9.17, 15) is 13.2 Å². The first-order chi connectivity index (χ1) is 12.8. The Morgan fingerprint density at radius 1 is 1.15 bits per heavy atom. The number of sulfonamides is 1. The molecule has 2 aromatic heterocycles. The quantitative estimate of drug-likeness (QED) is 0.635. The van der Waals surface area contributed by atoms with Crippen molar-refractivity contribution in [3.05, 3.63) is 69.9 Å². The molecule has 1 aromatic carbocycles. The molecule has 0 fully saturated rings. The molecule has 0 radical (unpaired) electrons. The highest BCUT2D eigenvalue weighted by Gasteiger charge is 2.20. The van der Waals surface area contributed by atoms with Gasteiger partial charge >= 0.3 is 0 Å². The third-order valence-corrected chi connectivity index (χ3v) is 6.36. The van der Waals surface area contributed by atoms with Crippen molar-refractivity contribution in [3.63, 3.8) is 0 Å². The third kappa shape index (κ3) is 4.82. The number of nitrogens with zero attached hydrogens (tertiary/aromatic N) is 2. The van der Waals surface area contributed by atoms with E-state index in [0.29, 0.717) is 22.1 Å². The molecule has 7 nitrogen and oxygen atoms in total. The van der Waals surface area contributed by atoms with E-state index >= 15 is 0 Å². The summed E-state index contributed by atoms with van der Waals surface area (Å²) in [5.41, 5.74) is 1.35. The van der Waals surface area contributed by atoms with Crippen molar-refractivity contribution in [2.24, 2.45) is 0 Å². The highest BCUT2D eigenvalue weighted by Crippen LogP contribution is 2.25. The van der Waals surface area contributed by atoms with Gasteiger partial charge in [-0.05, 0) is 48.9 Å².